The van der Waals surface area contributed by atoms with E-state index in [0.717, 1.165) is 11.6 Å². The molecule has 0 fully saturated rings. The van der Waals surface area contributed by atoms with Crippen LogP contribution in [0, 0.1) is 0 Å². The van der Waals surface area contributed by atoms with Gasteiger partial charge in [0.25, 0.3) is 0 Å². The molecule has 8 nitrogen and oxygen atoms in total. The SMILES string of the molecule is COc1ccc(CCNS(=O)(=O)c2cc(C(=O)O)ccc2NC(C)C)cc1OC. The van der Waals surface area contributed by atoms with Gasteiger partial charge in [0.15, 0.2) is 11.5 Å². The highest BCUT2D eigenvalue weighted by Gasteiger charge is 2.21. The average Bonchev–Trinajstić information content (AvgIpc) is 2.67. The molecule has 0 aromatic heterocycles. The third-order valence-corrected chi connectivity index (χ3v) is 5.62. The lowest BCUT2D eigenvalue weighted by Crippen LogP contribution is -2.27. The number of aromatic carboxylic acids is 1. The fourth-order valence-electron chi connectivity index (χ4n) is 2.75. The summed E-state index contributed by atoms with van der Waals surface area (Å²) in [6.07, 6.45) is 0.422. The predicted molar refractivity (Wildman–Crippen MR) is 111 cm³/mol. The molecule has 0 aliphatic carbocycles. The minimum absolute atomic E-state index is 0.0219. The highest BCUT2D eigenvalue weighted by molar-refractivity contribution is 7.89. The van der Waals surface area contributed by atoms with Crippen molar-refractivity contribution < 1.29 is 27.8 Å². The Morgan fingerprint density at radius 3 is 2.34 bits per heavy atom. The molecule has 0 atom stereocenters. The lowest BCUT2D eigenvalue weighted by molar-refractivity contribution is 0.0696. The molecule has 2 rings (SSSR count). The van der Waals surface area contributed by atoms with Gasteiger partial charge in [0.05, 0.1) is 25.5 Å². The minimum Gasteiger partial charge on any atom is -0.493 e. The molecule has 2 aromatic rings. The number of anilines is 1. The number of hydrogen-bond donors (Lipinski definition) is 3. The summed E-state index contributed by atoms with van der Waals surface area (Å²) in [6.45, 7) is 3.87. The van der Waals surface area contributed by atoms with Gasteiger partial charge >= 0.3 is 5.97 Å². The van der Waals surface area contributed by atoms with Crippen LogP contribution in [0.25, 0.3) is 0 Å². The molecule has 0 radical (unpaired) electrons. The van der Waals surface area contributed by atoms with E-state index in [9.17, 15) is 18.3 Å². The van der Waals surface area contributed by atoms with Crippen LogP contribution in [-0.2, 0) is 16.4 Å². The first kappa shape index (κ1) is 22.5. The lowest BCUT2D eigenvalue weighted by Gasteiger charge is -2.16. The number of sulfonamides is 1. The van der Waals surface area contributed by atoms with Gasteiger partial charge in [-0.2, -0.15) is 0 Å². The minimum atomic E-state index is -3.92. The first-order chi connectivity index (χ1) is 13.7. The molecular weight excluding hydrogens is 396 g/mol. The van der Waals surface area contributed by atoms with E-state index < -0.39 is 16.0 Å². The summed E-state index contributed by atoms with van der Waals surface area (Å²) < 4.78 is 38.7. The molecule has 2 aromatic carbocycles. The maximum atomic E-state index is 12.8. The van der Waals surface area contributed by atoms with Gasteiger partial charge in [-0.15, -0.1) is 0 Å². The van der Waals surface area contributed by atoms with E-state index in [1.54, 1.807) is 19.2 Å². The summed E-state index contributed by atoms with van der Waals surface area (Å²) >= 11 is 0. The molecule has 3 N–H and O–H groups in total. The summed E-state index contributed by atoms with van der Waals surface area (Å²) in [5.74, 6) is -0.0416. The number of ether oxygens (including phenoxy) is 2. The van der Waals surface area contributed by atoms with Crippen LogP contribution in [0.4, 0.5) is 5.69 Å². The van der Waals surface area contributed by atoms with E-state index in [-0.39, 0.29) is 23.0 Å². The maximum Gasteiger partial charge on any atom is 0.335 e. The summed E-state index contributed by atoms with van der Waals surface area (Å²) in [5, 5.41) is 12.2. The molecule has 29 heavy (non-hydrogen) atoms. The first-order valence-electron chi connectivity index (χ1n) is 9.02. The van der Waals surface area contributed by atoms with Crippen molar-refractivity contribution >= 4 is 21.7 Å². The first-order valence-corrected chi connectivity index (χ1v) is 10.5. The Labute approximate surface area is 170 Å². The highest BCUT2D eigenvalue weighted by atomic mass is 32.2. The van der Waals surface area contributed by atoms with Crippen LogP contribution in [0.3, 0.4) is 0 Å². The number of hydrogen-bond acceptors (Lipinski definition) is 6. The molecule has 0 spiro atoms. The molecule has 0 amide bonds. The van der Waals surface area contributed by atoms with E-state index in [1.807, 2.05) is 19.9 Å². The molecule has 9 heteroatoms. The number of carboxylic acid groups (broad SMARTS) is 1. The fourth-order valence-corrected chi connectivity index (χ4v) is 3.98. The van der Waals surface area contributed by atoms with Crippen molar-refractivity contribution in [2.75, 3.05) is 26.1 Å². The van der Waals surface area contributed by atoms with Crippen molar-refractivity contribution in [2.24, 2.45) is 0 Å². The second-order valence-corrected chi connectivity index (χ2v) is 8.39. The lowest BCUT2D eigenvalue weighted by atomic mass is 10.1. The van der Waals surface area contributed by atoms with Gasteiger partial charge < -0.3 is 19.9 Å². The Kier molecular flexibility index (Phi) is 7.46. The van der Waals surface area contributed by atoms with Crippen LogP contribution < -0.4 is 19.5 Å². The van der Waals surface area contributed by atoms with Gasteiger partial charge in [0, 0.05) is 12.6 Å². The van der Waals surface area contributed by atoms with Gasteiger partial charge in [-0.1, -0.05) is 6.07 Å². The Balaban J connectivity index is 2.20. The third kappa shape index (κ3) is 5.85. The van der Waals surface area contributed by atoms with Crippen LogP contribution in [0.1, 0.15) is 29.8 Å². The zero-order valence-electron chi connectivity index (χ0n) is 16.9. The number of benzene rings is 2. The van der Waals surface area contributed by atoms with E-state index in [2.05, 4.69) is 10.0 Å². The number of carbonyl (C=O) groups is 1. The predicted octanol–water partition coefficient (Wildman–Crippen LogP) is 2.74. The Bertz CT molecular complexity index is 973. The van der Waals surface area contributed by atoms with Crippen molar-refractivity contribution in [3.05, 3.63) is 47.5 Å². The van der Waals surface area contributed by atoms with Crippen molar-refractivity contribution in [2.45, 2.75) is 31.2 Å². The summed E-state index contributed by atoms with van der Waals surface area (Å²) in [5.41, 5.74) is 1.12. The van der Waals surface area contributed by atoms with Crippen LogP contribution in [0.5, 0.6) is 11.5 Å². The zero-order valence-corrected chi connectivity index (χ0v) is 17.7. The maximum absolute atomic E-state index is 12.8. The van der Waals surface area contributed by atoms with Gasteiger partial charge in [-0.05, 0) is 56.2 Å². The second kappa shape index (κ2) is 9.62. The monoisotopic (exact) mass is 422 g/mol. The summed E-state index contributed by atoms with van der Waals surface area (Å²) in [4.78, 5) is 11.2. The largest absolute Gasteiger partial charge is 0.493 e. The van der Waals surface area contributed by atoms with E-state index in [4.69, 9.17) is 9.47 Å². The van der Waals surface area contributed by atoms with Crippen LogP contribution >= 0.6 is 0 Å². The van der Waals surface area contributed by atoms with Crippen molar-refractivity contribution in [3.63, 3.8) is 0 Å². The summed E-state index contributed by atoms with van der Waals surface area (Å²) in [6, 6.07) is 9.33. The van der Waals surface area contributed by atoms with Gasteiger partial charge in [-0.25, -0.2) is 17.9 Å². The molecule has 0 bridgehead atoms. The Hall–Kier alpha value is -2.78. The molecule has 0 heterocycles. The second-order valence-electron chi connectivity index (χ2n) is 6.65. The van der Waals surface area contributed by atoms with E-state index in [0.29, 0.717) is 23.6 Å². The fraction of sp³-hybridized carbons (Fsp3) is 0.350. The normalized spacial score (nSPS) is 11.3. The van der Waals surface area contributed by atoms with Crippen molar-refractivity contribution in [3.8, 4) is 11.5 Å². The summed E-state index contributed by atoms with van der Waals surface area (Å²) in [7, 11) is -0.851. The topological polar surface area (TPSA) is 114 Å². The van der Waals surface area contributed by atoms with E-state index in [1.165, 1.54) is 19.2 Å². The molecule has 0 saturated heterocycles. The molecule has 0 aliphatic heterocycles. The number of rotatable bonds is 10. The zero-order chi connectivity index (χ0) is 21.6. The highest BCUT2D eigenvalue weighted by Crippen LogP contribution is 2.28. The van der Waals surface area contributed by atoms with Gasteiger partial charge in [-0.3, -0.25) is 0 Å². The van der Waals surface area contributed by atoms with Gasteiger partial charge in [0.2, 0.25) is 10.0 Å². The Morgan fingerprint density at radius 1 is 1.07 bits per heavy atom. The molecule has 0 aliphatic rings. The van der Waals surface area contributed by atoms with Gasteiger partial charge in [0.1, 0.15) is 4.90 Å². The third-order valence-electron chi connectivity index (χ3n) is 4.12. The molecule has 0 unspecified atom stereocenters. The Morgan fingerprint density at radius 2 is 1.76 bits per heavy atom. The van der Waals surface area contributed by atoms with Crippen LogP contribution in [0.2, 0.25) is 0 Å². The average molecular weight is 423 g/mol. The number of carboxylic acids is 1. The quantitative estimate of drug-likeness (QED) is 0.539. The van der Waals surface area contributed by atoms with E-state index >= 15 is 0 Å². The standard InChI is InChI=1S/C20H26N2O6S/c1-13(2)22-16-7-6-15(20(23)24)12-19(16)29(25,26)21-10-9-14-5-8-17(27-3)18(11-14)28-4/h5-8,11-13,21-22H,9-10H2,1-4H3,(H,23,24). The molecule has 0 saturated carbocycles. The molecule has 158 valence electrons. The number of methoxy groups -OCH3 is 2. The molecular formula is C20H26N2O6S. The van der Waals surface area contributed by atoms with Crippen LogP contribution in [0.15, 0.2) is 41.3 Å². The number of nitrogens with one attached hydrogen (secondary N) is 2. The van der Waals surface area contributed by atoms with Crippen LogP contribution in [-0.4, -0.2) is 46.3 Å². The smallest absolute Gasteiger partial charge is 0.335 e. The van der Waals surface area contributed by atoms with Crippen molar-refractivity contribution in [1.29, 1.82) is 0 Å². The van der Waals surface area contributed by atoms with Crippen molar-refractivity contribution in [1.82, 2.24) is 4.72 Å².